The molecule has 0 radical (unpaired) electrons. The third-order valence-electron chi connectivity index (χ3n) is 2.99. The average Bonchev–Trinajstić information content (AvgIpc) is 2.57. The smallest absolute Gasteiger partial charge is 0.335 e. The second-order valence-electron chi connectivity index (χ2n) is 4.41. The predicted molar refractivity (Wildman–Crippen MR) is 82.4 cm³/mol. The van der Waals surface area contributed by atoms with Gasteiger partial charge in [0.15, 0.2) is 5.71 Å². The van der Waals surface area contributed by atoms with Gasteiger partial charge in [0, 0.05) is 5.56 Å². The summed E-state index contributed by atoms with van der Waals surface area (Å²) >= 11 is 0. The van der Waals surface area contributed by atoms with Crippen LogP contribution in [0.15, 0.2) is 65.8 Å². The Balaban J connectivity index is 0.000000172. The van der Waals surface area contributed by atoms with Gasteiger partial charge in [-0.3, -0.25) is 4.79 Å². The number of carboxylic acid groups (broad SMARTS) is 1. The molecule has 0 bridgehead atoms. The van der Waals surface area contributed by atoms with E-state index in [1.54, 1.807) is 48.5 Å². The summed E-state index contributed by atoms with van der Waals surface area (Å²) in [6, 6.07) is 15.5. The summed E-state index contributed by atoms with van der Waals surface area (Å²) in [5.41, 5.74) is 1.86. The van der Waals surface area contributed by atoms with Crippen molar-refractivity contribution in [3.63, 3.8) is 0 Å². The Morgan fingerprint density at radius 2 is 1.55 bits per heavy atom. The van der Waals surface area contributed by atoms with E-state index in [1.165, 1.54) is 6.08 Å². The van der Waals surface area contributed by atoms with Crippen molar-refractivity contribution < 1.29 is 19.9 Å². The van der Waals surface area contributed by atoms with Crippen LogP contribution in [0.2, 0.25) is 0 Å². The fourth-order valence-electron chi connectivity index (χ4n) is 1.89. The number of rotatable bonds is 1. The van der Waals surface area contributed by atoms with Crippen LogP contribution in [0.5, 0.6) is 0 Å². The Labute approximate surface area is 126 Å². The van der Waals surface area contributed by atoms with Gasteiger partial charge in [0.2, 0.25) is 5.78 Å². The SMILES string of the molecule is O=C(O)c1ccccc1.O=C1C(=NO)C=Cc2ccccc21. The van der Waals surface area contributed by atoms with E-state index in [-0.39, 0.29) is 11.5 Å². The summed E-state index contributed by atoms with van der Waals surface area (Å²) in [4.78, 5) is 21.7. The fraction of sp³-hybridized carbons (Fsp3) is 0. The van der Waals surface area contributed by atoms with Gasteiger partial charge in [0.05, 0.1) is 5.56 Å². The molecule has 22 heavy (non-hydrogen) atoms. The van der Waals surface area contributed by atoms with Gasteiger partial charge in [0.25, 0.3) is 0 Å². The quantitative estimate of drug-likeness (QED) is 0.625. The van der Waals surface area contributed by atoms with Crippen LogP contribution in [0.25, 0.3) is 6.08 Å². The molecule has 0 saturated heterocycles. The first-order chi connectivity index (χ1) is 10.6. The molecule has 2 N–H and O–H groups in total. The molecule has 0 fully saturated rings. The van der Waals surface area contributed by atoms with E-state index in [4.69, 9.17) is 10.3 Å². The van der Waals surface area contributed by atoms with E-state index in [9.17, 15) is 9.59 Å². The molecule has 0 atom stereocenters. The van der Waals surface area contributed by atoms with Crippen LogP contribution in [0, 0.1) is 0 Å². The number of carbonyl (C=O) groups is 2. The van der Waals surface area contributed by atoms with Crippen LogP contribution >= 0.6 is 0 Å². The van der Waals surface area contributed by atoms with Crippen LogP contribution < -0.4 is 0 Å². The summed E-state index contributed by atoms with van der Waals surface area (Å²) in [7, 11) is 0. The number of oxime groups is 1. The van der Waals surface area contributed by atoms with Crippen molar-refractivity contribution in [1.82, 2.24) is 0 Å². The number of Topliss-reactive ketones (excluding diaryl/α,β-unsaturated/α-hetero) is 1. The Hall–Kier alpha value is -3.21. The van der Waals surface area contributed by atoms with Gasteiger partial charge >= 0.3 is 5.97 Å². The highest BCUT2D eigenvalue weighted by molar-refractivity contribution is 6.52. The highest BCUT2D eigenvalue weighted by Gasteiger charge is 2.18. The molecule has 1 aliphatic carbocycles. The predicted octanol–water partition coefficient (Wildman–Crippen LogP) is 3.11. The Morgan fingerprint density at radius 1 is 0.909 bits per heavy atom. The van der Waals surface area contributed by atoms with Gasteiger partial charge in [-0.2, -0.15) is 0 Å². The first kappa shape index (κ1) is 15.2. The van der Waals surface area contributed by atoms with E-state index in [0.717, 1.165) is 5.56 Å². The van der Waals surface area contributed by atoms with Crippen LogP contribution in [-0.4, -0.2) is 27.8 Å². The number of ketones is 1. The molecule has 3 rings (SSSR count). The maximum absolute atomic E-state index is 11.5. The molecule has 0 spiro atoms. The maximum Gasteiger partial charge on any atom is 0.335 e. The monoisotopic (exact) mass is 295 g/mol. The summed E-state index contributed by atoms with van der Waals surface area (Å²) in [6.07, 6.45) is 3.26. The molecular formula is C17H13NO4. The molecule has 0 unspecified atom stereocenters. The molecule has 2 aromatic carbocycles. The van der Waals surface area contributed by atoms with Gasteiger partial charge in [-0.25, -0.2) is 4.79 Å². The number of carboxylic acids is 1. The molecule has 0 aromatic heterocycles. The Morgan fingerprint density at radius 3 is 2.14 bits per heavy atom. The molecule has 0 heterocycles. The van der Waals surface area contributed by atoms with Gasteiger partial charge in [-0.05, 0) is 23.8 Å². The van der Waals surface area contributed by atoms with E-state index in [1.807, 2.05) is 12.1 Å². The third-order valence-corrected chi connectivity index (χ3v) is 2.99. The summed E-state index contributed by atoms with van der Waals surface area (Å²) < 4.78 is 0. The molecule has 0 amide bonds. The zero-order valence-corrected chi connectivity index (χ0v) is 11.5. The lowest BCUT2D eigenvalue weighted by atomic mass is 9.95. The molecule has 110 valence electrons. The van der Waals surface area contributed by atoms with Crippen molar-refractivity contribution in [2.75, 3.05) is 0 Å². The minimum Gasteiger partial charge on any atom is -0.478 e. The van der Waals surface area contributed by atoms with Crippen molar-refractivity contribution in [3.05, 3.63) is 77.4 Å². The largest absolute Gasteiger partial charge is 0.478 e. The Bertz CT molecular complexity index is 748. The van der Waals surface area contributed by atoms with Crippen molar-refractivity contribution in [2.24, 2.45) is 5.16 Å². The lowest BCUT2D eigenvalue weighted by Gasteiger charge is -2.08. The second kappa shape index (κ2) is 6.99. The van der Waals surface area contributed by atoms with Gasteiger partial charge in [-0.1, -0.05) is 53.7 Å². The molecule has 0 saturated carbocycles. The minimum atomic E-state index is -0.879. The van der Waals surface area contributed by atoms with E-state index < -0.39 is 5.97 Å². The number of carbonyl (C=O) groups excluding carboxylic acids is 1. The van der Waals surface area contributed by atoms with Crippen molar-refractivity contribution in [3.8, 4) is 0 Å². The van der Waals surface area contributed by atoms with Crippen LogP contribution in [0.3, 0.4) is 0 Å². The van der Waals surface area contributed by atoms with Crippen molar-refractivity contribution in [2.45, 2.75) is 0 Å². The molecule has 5 nitrogen and oxygen atoms in total. The topological polar surface area (TPSA) is 87.0 Å². The van der Waals surface area contributed by atoms with E-state index >= 15 is 0 Å². The summed E-state index contributed by atoms with van der Waals surface area (Å²) in [5.74, 6) is -1.11. The first-order valence-electron chi connectivity index (χ1n) is 6.45. The molecular weight excluding hydrogens is 282 g/mol. The number of allylic oxidation sites excluding steroid dienone is 1. The third kappa shape index (κ3) is 3.46. The zero-order valence-electron chi connectivity index (χ0n) is 11.5. The molecule has 1 aliphatic rings. The summed E-state index contributed by atoms with van der Waals surface area (Å²) in [6.45, 7) is 0. The number of hydrogen-bond donors (Lipinski definition) is 2. The van der Waals surface area contributed by atoms with Crippen LogP contribution in [-0.2, 0) is 0 Å². The lowest BCUT2D eigenvalue weighted by molar-refractivity contribution is 0.0696. The van der Waals surface area contributed by atoms with Gasteiger partial charge in [-0.15, -0.1) is 0 Å². The standard InChI is InChI=1S/C10H7NO2.C7H6O2/c12-10-8-4-2-1-3-7(8)5-6-9(10)11-13;8-7(9)6-4-2-1-3-5-6/h1-6,13H;1-5H,(H,8,9). The lowest BCUT2D eigenvalue weighted by Crippen LogP contribution is -2.16. The number of nitrogens with zero attached hydrogens (tertiary/aromatic N) is 1. The Kier molecular flexibility index (Phi) is 4.82. The number of benzene rings is 2. The maximum atomic E-state index is 11.5. The van der Waals surface area contributed by atoms with E-state index in [0.29, 0.717) is 11.1 Å². The minimum absolute atomic E-state index is 0.0821. The molecule has 2 aromatic rings. The zero-order chi connectivity index (χ0) is 15.9. The fourth-order valence-corrected chi connectivity index (χ4v) is 1.89. The number of hydrogen-bond acceptors (Lipinski definition) is 4. The number of fused-ring (bicyclic) bond motifs is 1. The molecule has 0 aliphatic heterocycles. The summed E-state index contributed by atoms with van der Waals surface area (Å²) in [5, 5.41) is 19.8. The van der Waals surface area contributed by atoms with Crippen molar-refractivity contribution >= 4 is 23.5 Å². The molecule has 5 heteroatoms. The van der Waals surface area contributed by atoms with Crippen LogP contribution in [0.1, 0.15) is 26.3 Å². The van der Waals surface area contributed by atoms with Gasteiger partial charge in [0.1, 0.15) is 0 Å². The highest BCUT2D eigenvalue weighted by Crippen LogP contribution is 2.16. The van der Waals surface area contributed by atoms with Crippen molar-refractivity contribution in [1.29, 1.82) is 0 Å². The number of aromatic carboxylic acids is 1. The van der Waals surface area contributed by atoms with E-state index in [2.05, 4.69) is 5.16 Å². The van der Waals surface area contributed by atoms with Crippen LogP contribution in [0.4, 0.5) is 0 Å². The second-order valence-corrected chi connectivity index (χ2v) is 4.41. The van der Waals surface area contributed by atoms with Gasteiger partial charge < -0.3 is 10.3 Å². The average molecular weight is 295 g/mol. The first-order valence-corrected chi connectivity index (χ1v) is 6.45. The normalized spacial score (nSPS) is 14.0. The highest BCUT2D eigenvalue weighted by atomic mass is 16.4.